The molecule has 6 rings (SSSR count). The number of hydrogen-bond donors (Lipinski definition) is 5. The molecule has 0 amide bonds. The fraction of sp³-hybridized carbons (Fsp3) is 0.382. The van der Waals surface area contributed by atoms with Gasteiger partial charge >= 0.3 is 0 Å². The van der Waals surface area contributed by atoms with E-state index < -0.39 is 12.2 Å². The molecule has 0 spiro atoms. The van der Waals surface area contributed by atoms with E-state index in [1.54, 1.807) is 36.8 Å². The molecule has 5 N–H and O–H groups in total. The number of aliphatic hydroxyl groups excluding tert-OH is 3. The number of methoxy groups -OCH3 is 1. The number of benzene rings is 3. The van der Waals surface area contributed by atoms with Crippen LogP contribution in [0.15, 0.2) is 55.1 Å². The van der Waals surface area contributed by atoms with E-state index in [9.17, 15) is 25.5 Å². The Labute approximate surface area is 255 Å². The zero-order valence-electron chi connectivity index (χ0n) is 24.6. The van der Waals surface area contributed by atoms with Gasteiger partial charge in [-0.1, -0.05) is 6.07 Å². The molecule has 3 atom stereocenters. The Kier molecular flexibility index (Phi) is 8.65. The van der Waals surface area contributed by atoms with Gasteiger partial charge in [0.05, 0.1) is 26.1 Å². The van der Waals surface area contributed by atoms with E-state index in [-0.39, 0.29) is 43.0 Å². The SMILES string of the molecule is COc1cc([C@H]2Oc3cc(OCCO)c4c(c3C[C@H]2O)[C@@H](CCn2ccnc2)Cc2cc(O)ccc2-4)cc(CCCO)c1O. The summed E-state index contributed by atoms with van der Waals surface area (Å²) in [6, 6.07) is 10.7. The number of ether oxygens (including phenoxy) is 3. The average molecular weight is 603 g/mol. The van der Waals surface area contributed by atoms with Crippen molar-refractivity contribution in [2.45, 2.75) is 56.8 Å². The van der Waals surface area contributed by atoms with E-state index in [1.165, 1.54) is 7.11 Å². The minimum Gasteiger partial charge on any atom is -0.508 e. The Bertz CT molecular complexity index is 1620. The van der Waals surface area contributed by atoms with Crippen LogP contribution in [0.5, 0.6) is 28.7 Å². The third-order valence-electron chi connectivity index (χ3n) is 8.62. The number of aryl methyl sites for hydroxylation is 2. The van der Waals surface area contributed by atoms with Gasteiger partial charge in [0.25, 0.3) is 0 Å². The van der Waals surface area contributed by atoms with Gasteiger partial charge in [0.15, 0.2) is 11.5 Å². The minimum absolute atomic E-state index is 0.00888. The van der Waals surface area contributed by atoms with Crippen molar-refractivity contribution in [2.75, 3.05) is 26.9 Å². The molecule has 2 aliphatic rings. The summed E-state index contributed by atoms with van der Waals surface area (Å²) in [6.45, 7) is 0.636. The Morgan fingerprint density at radius 1 is 1.05 bits per heavy atom. The molecule has 0 unspecified atom stereocenters. The lowest BCUT2D eigenvalue weighted by molar-refractivity contribution is 0.0199. The molecule has 10 nitrogen and oxygen atoms in total. The van der Waals surface area contributed by atoms with E-state index in [2.05, 4.69) is 4.98 Å². The second-order valence-electron chi connectivity index (χ2n) is 11.4. The average Bonchev–Trinajstić information content (AvgIpc) is 3.55. The highest BCUT2D eigenvalue weighted by Crippen LogP contribution is 2.53. The molecule has 2 heterocycles. The normalized spacial score (nSPS) is 18.6. The predicted octanol–water partition coefficient (Wildman–Crippen LogP) is 4.03. The molecule has 0 radical (unpaired) electrons. The van der Waals surface area contributed by atoms with Crippen molar-refractivity contribution in [1.29, 1.82) is 0 Å². The van der Waals surface area contributed by atoms with E-state index in [4.69, 9.17) is 14.2 Å². The molecule has 10 heteroatoms. The van der Waals surface area contributed by atoms with Gasteiger partial charge in [-0.05, 0) is 83.7 Å². The number of fused-ring (bicyclic) bond motifs is 5. The van der Waals surface area contributed by atoms with Crippen LogP contribution < -0.4 is 14.2 Å². The van der Waals surface area contributed by atoms with E-state index in [1.807, 2.05) is 22.9 Å². The maximum Gasteiger partial charge on any atom is 0.161 e. The summed E-state index contributed by atoms with van der Waals surface area (Å²) >= 11 is 0. The Hall–Kier alpha value is -4.25. The Morgan fingerprint density at radius 3 is 2.66 bits per heavy atom. The van der Waals surface area contributed by atoms with Crippen molar-refractivity contribution >= 4 is 0 Å². The van der Waals surface area contributed by atoms with Gasteiger partial charge in [0, 0.05) is 49.2 Å². The monoisotopic (exact) mass is 602 g/mol. The number of phenolic OH excluding ortho intramolecular Hbond substituents is 2. The highest BCUT2D eigenvalue weighted by Gasteiger charge is 2.38. The number of imidazole rings is 1. The number of hydrogen-bond acceptors (Lipinski definition) is 9. The second kappa shape index (κ2) is 12.8. The first kappa shape index (κ1) is 29.8. The van der Waals surface area contributed by atoms with Crippen molar-refractivity contribution in [3.8, 4) is 39.9 Å². The van der Waals surface area contributed by atoms with Crippen LogP contribution in [-0.2, 0) is 25.8 Å². The van der Waals surface area contributed by atoms with Gasteiger partial charge in [-0.15, -0.1) is 0 Å². The molecular weight excluding hydrogens is 564 g/mol. The molecule has 0 bridgehead atoms. The maximum atomic E-state index is 11.6. The molecule has 1 aromatic heterocycles. The van der Waals surface area contributed by atoms with Gasteiger partial charge < -0.3 is 44.3 Å². The summed E-state index contributed by atoms with van der Waals surface area (Å²) < 4.78 is 20.2. The summed E-state index contributed by atoms with van der Waals surface area (Å²) in [7, 11) is 1.47. The first-order valence-corrected chi connectivity index (χ1v) is 15.0. The number of aliphatic hydroxyl groups is 3. The third kappa shape index (κ3) is 5.68. The number of phenols is 2. The number of nitrogens with zero attached hydrogens (tertiary/aromatic N) is 2. The van der Waals surface area contributed by atoms with Gasteiger partial charge in [0.2, 0.25) is 0 Å². The van der Waals surface area contributed by atoms with Crippen molar-refractivity contribution < 1.29 is 39.7 Å². The van der Waals surface area contributed by atoms with Gasteiger partial charge in [-0.25, -0.2) is 4.98 Å². The quantitative estimate of drug-likeness (QED) is 0.172. The lowest BCUT2D eigenvalue weighted by Gasteiger charge is -2.38. The second-order valence-corrected chi connectivity index (χ2v) is 11.4. The molecule has 3 aromatic carbocycles. The summed E-state index contributed by atoms with van der Waals surface area (Å²) in [5.74, 6) is 1.66. The molecule has 4 aromatic rings. The summed E-state index contributed by atoms with van der Waals surface area (Å²) in [4.78, 5) is 4.18. The Morgan fingerprint density at radius 2 is 1.91 bits per heavy atom. The summed E-state index contributed by atoms with van der Waals surface area (Å²) in [5.41, 5.74) is 6.04. The van der Waals surface area contributed by atoms with Crippen LogP contribution in [0.2, 0.25) is 0 Å². The van der Waals surface area contributed by atoms with Crippen LogP contribution in [0.25, 0.3) is 11.1 Å². The molecular formula is C34H38N2O8. The zero-order valence-corrected chi connectivity index (χ0v) is 24.6. The molecule has 0 saturated heterocycles. The van der Waals surface area contributed by atoms with Crippen molar-refractivity contribution in [3.05, 3.63) is 82.9 Å². The van der Waals surface area contributed by atoms with Crippen LogP contribution in [0.3, 0.4) is 0 Å². The van der Waals surface area contributed by atoms with Crippen molar-refractivity contribution in [1.82, 2.24) is 9.55 Å². The highest BCUT2D eigenvalue weighted by atomic mass is 16.5. The van der Waals surface area contributed by atoms with Crippen LogP contribution in [0.1, 0.15) is 52.7 Å². The summed E-state index contributed by atoms with van der Waals surface area (Å²) in [5, 5.41) is 51.6. The third-order valence-corrected chi connectivity index (χ3v) is 8.62. The van der Waals surface area contributed by atoms with Crippen LogP contribution in [0, 0.1) is 0 Å². The fourth-order valence-electron chi connectivity index (χ4n) is 6.63. The molecule has 1 aliphatic heterocycles. The number of rotatable bonds is 11. The smallest absolute Gasteiger partial charge is 0.161 e. The van der Waals surface area contributed by atoms with E-state index in [0.29, 0.717) is 48.3 Å². The predicted molar refractivity (Wildman–Crippen MR) is 163 cm³/mol. The Balaban J connectivity index is 1.46. The molecule has 0 saturated carbocycles. The first-order chi connectivity index (χ1) is 21.4. The van der Waals surface area contributed by atoms with Gasteiger partial charge in [0.1, 0.15) is 30.0 Å². The maximum absolute atomic E-state index is 11.6. The van der Waals surface area contributed by atoms with Crippen molar-refractivity contribution in [2.24, 2.45) is 0 Å². The lowest BCUT2D eigenvalue weighted by atomic mass is 9.73. The zero-order chi connectivity index (χ0) is 30.8. The molecule has 232 valence electrons. The van der Waals surface area contributed by atoms with Crippen LogP contribution in [0.4, 0.5) is 0 Å². The highest BCUT2D eigenvalue weighted by molar-refractivity contribution is 5.83. The topological polar surface area (TPSA) is 147 Å². The van der Waals surface area contributed by atoms with E-state index >= 15 is 0 Å². The largest absolute Gasteiger partial charge is 0.508 e. The number of aromatic hydroxyl groups is 2. The van der Waals surface area contributed by atoms with Gasteiger partial charge in [-0.2, -0.15) is 0 Å². The van der Waals surface area contributed by atoms with Gasteiger partial charge in [-0.3, -0.25) is 0 Å². The van der Waals surface area contributed by atoms with Crippen LogP contribution >= 0.6 is 0 Å². The molecule has 1 aliphatic carbocycles. The number of aromatic nitrogens is 2. The summed E-state index contributed by atoms with van der Waals surface area (Å²) in [6.07, 6.45) is 6.52. The fourth-order valence-corrected chi connectivity index (χ4v) is 6.63. The lowest BCUT2D eigenvalue weighted by Crippen LogP contribution is -2.32. The standard InChI is InChI=1S/C34H38N2O8/c1-42-30-16-23(14-21(33(30)41)3-2-10-37)34-27(40)17-26-28(44-34)18-29(43-12-11-38)32-25-5-4-24(39)15-22(25)13-20(31(26)32)6-8-36-9-7-35-19-36/h4-5,7,9,14-16,18-20,27,34,37-41H,2-3,6,8,10-13,17H2,1H3/t20-,27+,34+/m0/s1. The molecule has 0 fully saturated rings. The van der Waals surface area contributed by atoms with E-state index in [0.717, 1.165) is 40.8 Å². The minimum atomic E-state index is -0.897. The molecule has 44 heavy (non-hydrogen) atoms. The first-order valence-electron chi connectivity index (χ1n) is 15.0. The van der Waals surface area contributed by atoms with Crippen molar-refractivity contribution in [3.63, 3.8) is 0 Å². The van der Waals surface area contributed by atoms with Crippen LogP contribution in [-0.4, -0.2) is 68.1 Å².